The quantitative estimate of drug-likeness (QED) is 0.842. The summed E-state index contributed by atoms with van der Waals surface area (Å²) in [6.07, 6.45) is 4.48. The van der Waals surface area contributed by atoms with Crippen molar-refractivity contribution >= 4 is 11.6 Å². The molecule has 4 heteroatoms. The highest BCUT2D eigenvalue weighted by molar-refractivity contribution is 5.95. The molecule has 122 valence electrons. The number of unbranched alkanes of at least 4 members (excludes halogenated alkanes) is 1. The number of hydrogen-bond acceptors (Lipinski definition) is 3. The maximum absolute atomic E-state index is 12.6. The first-order valence-corrected chi connectivity index (χ1v) is 8.57. The number of nitrogens with zero attached hydrogens (tertiary/aromatic N) is 2. The molecule has 0 bridgehead atoms. The van der Waals surface area contributed by atoms with E-state index in [4.69, 9.17) is 5.73 Å². The van der Waals surface area contributed by atoms with Crippen molar-refractivity contribution in [1.29, 1.82) is 0 Å². The minimum Gasteiger partial charge on any atom is -0.372 e. The lowest BCUT2D eigenvalue weighted by Gasteiger charge is -2.25. The van der Waals surface area contributed by atoms with Crippen LogP contribution in [0.1, 0.15) is 49.9 Å². The van der Waals surface area contributed by atoms with E-state index in [1.54, 1.807) is 0 Å². The second kappa shape index (κ2) is 8.18. The smallest absolute Gasteiger partial charge is 0.254 e. The van der Waals surface area contributed by atoms with Gasteiger partial charge in [0.15, 0.2) is 0 Å². The summed E-state index contributed by atoms with van der Waals surface area (Å²) >= 11 is 0. The van der Waals surface area contributed by atoms with Crippen LogP contribution in [0.25, 0.3) is 0 Å². The molecular formula is C18H29N3O. The van der Waals surface area contributed by atoms with E-state index < -0.39 is 0 Å². The van der Waals surface area contributed by atoms with Gasteiger partial charge in [-0.1, -0.05) is 13.3 Å². The van der Waals surface area contributed by atoms with Crippen molar-refractivity contribution in [3.63, 3.8) is 0 Å². The Hall–Kier alpha value is -1.55. The van der Waals surface area contributed by atoms with E-state index in [1.165, 1.54) is 18.5 Å². The average molecular weight is 303 g/mol. The van der Waals surface area contributed by atoms with E-state index in [9.17, 15) is 4.79 Å². The van der Waals surface area contributed by atoms with Gasteiger partial charge in [0.25, 0.3) is 5.91 Å². The van der Waals surface area contributed by atoms with Gasteiger partial charge in [0.2, 0.25) is 0 Å². The highest BCUT2D eigenvalue weighted by Gasteiger charge is 2.28. The summed E-state index contributed by atoms with van der Waals surface area (Å²) in [5.41, 5.74) is 7.74. The molecule has 4 nitrogen and oxygen atoms in total. The maximum Gasteiger partial charge on any atom is 0.254 e. The second-order valence-electron chi connectivity index (χ2n) is 6.01. The lowest BCUT2D eigenvalue weighted by atomic mass is 10.1. The van der Waals surface area contributed by atoms with Crippen molar-refractivity contribution < 1.29 is 4.79 Å². The van der Waals surface area contributed by atoms with Gasteiger partial charge in [-0.3, -0.25) is 4.79 Å². The van der Waals surface area contributed by atoms with E-state index in [1.807, 2.05) is 17.0 Å². The molecule has 1 aromatic rings. The lowest BCUT2D eigenvalue weighted by molar-refractivity contribution is 0.0741. The van der Waals surface area contributed by atoms with E-state index in [0.717, 1.165) is 38.0 Å². The molecule has 1 fully saturated rings. The van der Waals surface area contributed by atoms with Crippen LogP contribution in [0.15, 0.2) is 24.3 Å². The van der Waals surface area contributed by atoms with Crippen LogP contribution >= 0.6 is 0 Å². The molecule has 0 aliphatic carbocycles. The number of nitrogens with two attached hydrogens (primary N) is 1. The van der Waals surface area contributed by atoms with Crippen molar-refractivity contribution in [1.82, 2.24) is 4.90 Å². The zero-order chi connectivity index (χ0) is 15.9. The van der Waals surface area contributed by atoms with E-state index >= 15 is 0 Å². The second-order valence-corrected chi connectivity index (χ2v) is 6.01. The fourth-order valence-corrected chi connectivity index (χ4v) is 3.15. The standard InChI is InChI=1S/C18H29N3O/c1-3-5-12-20(4-2)16-10-8-15(9-11-16)18(22)21-13-6-7-17(21)14-19/h8-11,17H,3-7,12-14,19H2,1-2H3. The van der Waals surface area contributed by atoms with Crippen LogP contribution in [-0.2, 0) is 0 Å². The van der Waals surface area contributed by atoms with Crippen LogP contribution in [0.5, 0.6) is 0 Å². The molecule has 2 rings (SSSR count). The highest BCUT2D eigenvalue weighted by Crippen LogP contribution is 2.21. The first-order valence-electron chi connectivity index (χ1n) is 8.57. The normalized spacial score (nSPS) is 17.8. The van der Waals surface area contributed by atoms with Gasteiger partial charge >= 0.3 is 0 Å². The Balaban J connectivity index is 2.06. The summed E-state index contributed by atoms with van der Waals surface area (Å²) in [7, 11) is 0. The van der Waals surface area contributed by atoms with Crippen LogP contribution < -0.4 is 10.6 Å². The molecule has 1 atom stereocenters. The number of amides is 1. The minimum atomic E-state index is 0.121. The Bertz CT molecular complexity index is 472. The van der Waals surface area contributed by atoms with Crippen molar-refractivity contribution in [3.8, 4) is 0 Å². The summed E-state index contributed by atoms with van der Waals surface area (Å²) in [6, 6.07) is 8.26. The fourth-order valence-electron chi connectivity index (χ4n) is 3.15. The fraction of sp³-hybridized carbons (Fsp3) is 0.611. The molecule has 1 unspecified atom stereocenters. The monoisotopic (exact) mass is 303 g/mol. The first-order chi connectivity index (χ1) is 10.7. The van der Waals surface area contributed by atoms with Gasteiger partial charge in [0.1, 0.15) is 0 Å². The molecule has 1 amide bonds. The number of rotatable bonds is 7. The Kier molecular flexibility index (Phi) is 6.25. The Morgan fingerprint density at radius 2 is 2.05 bits per heavy atom. The van der Waals surface area contributed by atoms with Crippen LogP contribution in [-0.4, -0.2) is 43.0 Å². The number of anilines is 1. The van der Waals surface area contributed by atoms with Crippen LogP contribution in [0, 0.1) is 0 Å². The van der Waals surface area contributed by atoms with Gasteiger partial charge in [-0.15, -0.1) is 0 Å². The molecule has 1 saturated heterocycles. The maximum atomic E-state index is 12.6. The number of benzene rings is 1. The van der Waals surface area contributed by atoms with Gasteiger partial charge in [-0.05, 0) is 50.5 Å². The third kappa shape index (κ3) is 3.80. The van der Waals surface area contributed by atoms with Crippen LogP contribution in [0.4, 0.5) is 5.69 Å². The van der Waals surface area contributed by atoms with Crippen LogP contribution in [0.3, 0.4) is 0 Å². The molecule has 1 aliphatic rings. The molecule has 1 aromatic carbocycles. The lowest BCUT2D eigenvalue weighted by Crippen LogP contribution is -2.39. The Labute approximate surface area is 134 Å². The zero-order valence-electron chi connectivity index (χ0n) is 13.9. The Morgan fingerprint density at radius 1 is 1.32 bits per heavy atom. The summed E-state index contributed by atoms with van der Waals surface area (Å²) in [4.78, 5) is 16.9. The van der Waals surface area contributed by atoms with E-state index in [-0.39, 0.29) is 11.9 Å². The highest BCUT2D eigenvalue weighted by atomic mass is 16.2. The zero-order valence-corrected chi connectivity index (χ0v) is 13.9. The van der Waals surface area contributed by atoms with E-state index in [2.05, 4.69) is 30.9 Å². The van der Waals surface area contributed by atoms with Crippen LogP contribution in [0.2, 0.25) is 0 Å². The predicted molar refractivity (Wildman–Crippen MR) is 92.3 cm³/mol. The number of hydrogen-bond donors (Lipinski definition) is 1. The molecule has 0 spiro atoms. The number of likely N-dealkylation sites (tertiary alicyclic amines) is 1. The average Bonchev–Trinajstić information content (AvgIpc) is 3.04. The molecule has 1 heterocycles. The van der Waals surface area contributed by atoms with Crippen molar-refractivity contribution in [2.45, 2.75) is 45.6 Å². The molecule has 1 aliphatic heterocycles. The summed E-state index contributed by atoms with van der Waals surface area (Å²) in [5.74, 6) is 0.121. The van der Waals surface area contributed by atoms with Gasteiger partial charge in [0.05, 0.1) is 0 Å². The molecule has 0 saturated carbocycles. The van der Waals surface area contributed by atoms with Crippen molar-refractivity contribution in [3.05, 3.63) is 29.8 Å². The molecular weight excluding hydrogens is 274 g/mol. The third-order valence-electron chi connectivity index (χ3n) is 4.55. The molecule has 0 aromatic heterocycles. The van der Waals surface area contributed by atoms with Gasteiger partial charge in [0, 0.05) is 43.5 Å². The first kappa shape index (κ1) is 16.8. The summed E-state index contributed by atoms with van der Waals surface area (Å²) < 4.78 is 0. The Morgan fingerprint density at radius 3 is 2.64 bits per heavy atom. The SMILES string of the molecule is CCCCN(CC)c1ccc(C(=O)N2CCCC2CN)cc1. The van der Waals surface area contributed by atoms with E-state index in [0.29, 0.717) is 6.54 Å². The summed E-state index contributed by atoms with van der Waals surface area (Å²) in [6.45, 7) is 7.84. The largest absolute Gasteiger partial charge is 0.372 e. The number of carbonyl (C=O) groups excluding carboxylic acids is 1. The summed E-state index contributed by atoms with van der Waals surface area (Å²) in [5, 5.41) is 0. The number of carbonyl (C=O) groups is 1. The van der Waals surface area contributed by atoms with Gasteiger partial charge in [-0.2, -0.15) is 0 Å². The van der Waals surface area contributed by atoms with Gasteiger partial charge in [-0.25, -0.2) is 0 Å². The topological polar surface area (TPSA) is 49.6 Å². The van der Waals surface area contributed by atoms with Crippen molar-refractivity contribution in [2.75, 3.05) is 31.1 Å². The molecule has 22 heavy (non-hydrogen) atoms. The molecule has 2 N–H and O–H groups in total. The molecule has 0 radical (unpaired) electrons. The third-order valence-corrected chi connectivity index (χ3v) is 4.55. The van der Waals surface area contributed by atoms with Gasteiger partial charge < -0.3 is 15.5 Å². The predicted octanol–water partition coefficient (Wildman–Crippen LogP) is 2.88. The minimum absolute atomic E-state index is 0.121. The van der Waals surface area contributed by atoms with Crippen molar-refractivity contribution in [2.24, 2.45) is 5.73 Å².